The molecular weight excluding hydrogens is 529 g/mol. The van der Waals surface area contributed by atoms with Gasteiger partial charge in [0, 0.05) is 19.3 Å². The molecule has 0 aliphatic rings. The molecule has 1 unspecified atom stereocenters. The number of quaternary nitrogens is 1. The summed E-state index contributed by atoms with van der Waals surface area (Å²) < 4.78 is 22.7. The topological polar surface area (TPSA) is 113 Å². The summed E-state index contributed by atoms with van der Waals surface area (Å²) in [5.41, 5.74) is 0. The van der Waals surface area contributed by atoms with Gasteiger partial charge >= 0.3 is 7.82 Å². The second-order valence-corrected chi connectivity index (χ2v) is 12.9. The number of unbranched alkanes of at least 4 members (excludes halogenated alkanes) is 14. The van der Waals surface area contributed by atoms with Gasteiger partial charge in [0.05, 0.1) is 27.7 Å². The lowest BCUT2D eigenvalue weighted by molar-refractivity contribution is -0.870. The highest BCUT2D eigenvalue weighted by Gasteiger charge is 2.35. The number of Topliss-reactive ketones (excluding diaryl/α,β-unsaturated/α-hetero) is 1. The van der Waals surface area contributed by atoms with Gasteiger partial charge in [0.1, 0.15) is 19.3 Å². The average molecular weight is 587 g/mol. The number of aliphatic hydroxyl groups excluding tert-OH is 2. The summed E-state index contributed by atoms with van der Waals surface area (Å²) >= 11 is 0. The summed E-state index contributed by atoms with van der Waals surface area (Å²) in [5, 5.41) is 19.2. The van der Waals surface area contributed by atoms with Crippen LogP contribution in [0.4, 0.5) is 0 Å². The van der Waals surface area contributed by atoms with E-state index in [0.29, 0.717) is 17.4 Å². The summed E-state index contributed by atoms with van der Waals surface area (Å²) in [5.74, 6) is 11.6. The van der Waals surface area contributed by atoms with E-state index >= 15 is 0 Å². The van der Waals surface area contributed by atoms with Gasteiger partial charge in [0.2, 0.25) is 0 Å². The van der Waals surface area contributed by atoms with Gasteiger partial charge in [0.15, 0.2) is 11.9 Å². The van der Waals surface area contributed by atoms with Crippen LogP contribution in [0.2, 0.25) is 0 Å². The molecule has 0 bridgehead atoms. The Balaban J connectivity index is 3.99. The first-order valence-corrected chi connectivity index (χ1v) is 16.8. The molecule has 3 atom stereocenters. The molecule has 0 aliphatic heterocycles. The third kappa shape index (κ3) is 24.6. The Labute approximate surface area is 244 Å². The Morgan fingerprint density at radius 3 is 1.77 bits per heavy atom. The van der Waals surface area contributed by atoms with Crippen molar-refractivity contribution >= 4 is 13.6 Å². The smallest absolute Gasteiger partial charge is 0.394 e. The van der Waals surface area contributed by atoms with Gasteiger partial charge in [-0.25, -0.2) is 4.57 Å². The first-order valence-electron chi connectivity index (χ1n) is 15.3. The van der Waals surface area contributed by atoms with Gasteiger partial charge in [-0.2, -0.15) is 0 Å². The predicted molar refractivity (Wildman–Crippen MR) is 161 cm³/mol. The van der Waals surface area contributed by atoms with Crippen molar-refractivity contribution in [3.63, 3.8) is 0 Å². The van der Waals surface area contributed by atoms with Crippen LogP contribution in [0, 0.1) is 23.7 Å². The number of hydrogen-bond acceptors (Lipinski definition) is 6. The molecule has 0 saturated heterocycles. The Hall–Kier alpha value is -1.22. The summed E-state index contributed by atoms with van der Waals surface area (Å²) in [6.07, 6.45) is 14.6. The number of aliphatic hydroxyl groups is 2. The summed E-state index contributed by atoms with van der Waals surface area (Å²) in [7, 11) is 1.15. The van der Waals surface area contributed by atoms with E-state index in [9.17, 15) is 24.5 Å². The molecule has 9 heteroatoms. The molecule has 40 heavy (non-hydrogen) atoms. The molecule has 0 saturated carbocycles. The van der Waals surface area contributed by atoms with Gasteiger partial charge in [-0.1, -0.05) is 89.4 Å². The van der Waals surface area contributed by atoms with Crippen molar-refractivity contribution in [3.8, 4) is 23.7 Å². The van der Waals surface area contributed by atoms with Crippen molar-refractivity contribution < 1.29 is 38.0 Å². The number of phosphoric ester groups is 1. The lowest BCUT2D eigenvalue weighted by atomic mass is 10.0. The monoisotopic (exact) mass is 586 g/mol. The predicted octanol–water partition coefficient (Wildman–Crippen LogP) is 5.78. The van der Waals surface area contributed by atoms with Crippen LogP contribution in [0.25, 0.3) is 0 Å². The minimum Gasteiger partial charge on any atom is -0.394 e. The van der Waals surface area contributed by atoms with E-state index in [4.69, 9.17) is 9.05 Å². The fourth-order valence-electron chi connectivity index (χ4n) is 3.97. The molecule has 3 N–H and O–H groups in total. The third-order valence-corrected chi connectivity index (χ3v) is 7.49. The molecule has 0 aliphatic carbocycles. The maximum Gasteiger partial charge on any atom is 0.473 e. The SMILES string of the molecule is CCCCCCCCCCC#CC#CCCCCCCCCC(=O)[C@@H](OP(=O)(O)OCC[N+](C)(C)C)[C@@H](O)CO. The zero-order valence-electron chi connectivity index (χ0n) is 25.7. The van der Waals surface area contributed by atoms with Gasteiger partial charge in [-0.15, -0.1) is 0 Å². The zero-order valence-corrected chi connectivity index (χ0v) is 26.6. The highest BCUT2D eigenvalue weighted by Crippen LogP contribution is 2.45. The highest BCUT2D eigenvalue weighted by atomic mass is 31.2. The van der Waals surface area contributed by atoms with Crippen LogP contribution in [0.5, 0.6) is 0 Å². The van der Waals surface area contributed by atoms with Crippen molar-refractivity contribution in [3.05, 3.63) is 0 Å². The lowest BCUT2D eigenvalue weighted by Gasteiger charge is -2.26. The van der Waals surface area contributed by atoms with E-state index in [1.807, 2.05) is 21.1 Å². The molecule has 0 aromatic carbocycles. The number of carbonyl (C=O) groups is 1. The van der Waals surface area contributed by atoms with E-state index in [-0.39, 0.29) is 13.0 Å². The minimum absolute atomic E-state index is 0.0499. The maximum atomic E-state index is 12.5. The lowest BCUT2D eigenvalue weighted by Crippen LogP contribution is -2.39. The molecule has 0 amide bonds. The van der Waals surface area contributed by atoms with Crippen LogP contribution >= 0.6 is 7.82 Å². The van der Waals surface area contributed by atoms with E-state index in [2.05, 4.69) is 30.6 Å². The van der Waals surface area contributed by atoms with Crippen molar-refractivity contribution in [1.82, 2.24) is 0 Å². The molecular formula is C31H57NO7P+. The molecule has 0 rings (SSSR count). The first-order chi connectivity index (χ1) is 19.0. The second kappa shape index (κ2) is 24.4. The van der Waals surface area contributed by atoms with E-state index < -0.39 is 32.4 Å². The third-order valence-electron chi connectivity index (χ3n) is 6.49. The number of ketones is 1. The van der Waals surface area contributed by atoms with Gasteiger partial charge in [-0.3, -0.25) is 13.8 Å². The van der Waals surface area contributed by atoms with Crippen LogP contribution < -0.4 is 0 Å². The van der Waals surface area contributed by atoms with Gasteiger partial charge in [-0.05, 0) is 31.1 Å². The molecule has 232 valence electrons. The first kappa shape index (κ1) is 38.8. The zero-order chi connectivity index (χ0) is 30.1. The number of rotatable bonds is 25. The fourth-order valence-corrected chi connectivity index (χ4v) is 4.88. The number of hydrogen-bond donors (Lipinski definition) is 3. The standard InChI is InChI=1S/C31H56NO7P/c1-5-6-7-8-9-10-11-12-13-14-15-16-17-18-19-20-21-22-23-24-25-29(34)31(30(35)28-33)39-40(36,37)38-27-26-32(2,3)4/h30-31,33,35H,5-13,18-28H2,1-4H3/p+1/t30-,31+/m0/s1. The normalized spacial score (nSPS) is 14.4. The molecule has 8 nitrogen and oxygen atoms in total. The van der Waals surface area contributed by atoms with Crippen molar-refractivity contribution in [1.29, 1.82) is 0 Å². The molecule has 0 aromatic heterocycles. The van der Waals surface area contributed by atoms with E-state index in [1.165, 1.54) is 44.9 Å². The summed E-state index contributed by atoms with van der Waals surface area (Å²) in [4.78, 5) is 22.5. The van der Waals surface area contributed by atoms with Gasteiger partial charge < -0.3 is 19.6 Å². The second-order valence-electron chi connectivity index (χ2n) is 11.5. The van der Waals surface area contributed by atoms with Crippen LogP contribution in [0.15, 0.2) is 0 Å². The number of likely N-dealkylation sites (N-methyl/N-ethyl adjacent to an activating group) is 1. The minimum atomic E-state index is -4.56. The number of carbonyl (C=O) groups excluding carboxylic acids is 1. The van der Waals surface area contributed by atoms with Crippen LogP contribution in [0.1, 0.15) is 116 Å². The van der Waals surface area contributed by atoms with Crippen molar-refractivity contribution in [2.45, 2.75) is 128 Å². The van der Waals surface area contributed by atoms with Gasteiger partial charge in [0.25, 0.3) is 0 Å². The quantitative estimate of drug-likeness (QED) is 0.0538. The van der Waals surface area contributed by atoms with Crippen LogP contribution in [0.3, 0.4) is 0 Å². The van der Waals surface area contributed by atoms with Crippen LogP contribution in [-0.4, -0.2) is 78.5 Å². The maximum absolute atomic E-state index is 12.5. The Kier molecular flexibility index (Phi) is 23.6. The largest absolute Gasteiger partial charge is 0.473 e. The molecule has 0 spiro atoms. The molecule has 0 radical (unpaired) electrons. The summed E-state index contributed by atoms with van der Waals surface area (Å²) in [6.45, 7) is 1.89. The molecule has 0 aromatic rings. The highest BCUT2D eigenvalue weighted by molar-refractivity contribution is 7.47. The number of phosphoric acid groups is 1. The Morgan fingerprint density at radius 2 is 1.30 bits per heavy atom. The van der Waals surface area contributed by atoms with E-state index in [1.54, 1.807) is 0 Å². The van der Waals surface area contributed by atoms with Crippen molar-refractivity contribution in [2.24, 2.45) is 0 Å². The molecule has 0 heterocycles. The molecule has 0 fully saturated rings. The Bertz CT molecular complexity index is 820. The summed E-state index contributed by atoms with van der Waals surface area (Å²) in [6, 6.07) is 0. The van der Waals surface area contributed by atoms with E-state index in [0.717, 1.165) is 51.4 Å². The average Bonchev–Trinajstić information content (AvgIpc) is 2.89. The number of nitrogens with zero attached hydrogens (tertiary/aromatic N) is 1. The fraction of sp³-hybridized carbons (Fsp3) is 0.839. The van der Waals surface area contributed by atoms with Crippen LogP contribution in [-0.2, 0) is 18.4 Å². The van der Waals surface area contributed by atoms with Crippen molar-refractivity contribution in [2.75, 3.05) is 40.9 Å². The Morgan fingerprint density at radius 1 is 0.825 bits per heavy atom.